The van der Waals surface area contributed by atoms with E-state index < -0.39 is 0 Å². The zero-order valence-corrected chi connectivity index (χ0v) is 19.5. The van der Waals surface area contributed by atoms with E-state index in [-0.39, 0.29) is 18.0 Å². The topological polar surface area (TPSA) is 70.7 Å². The van der Waals surface area contributed by atoms with E-state index in [0.717, 1.165) is 29.7 Å². The van der Waals surface area contributed by atoms with E-state index in [2.05, 4.69) is 22.8 Å². The highest BCUT2D eigenvalue weighted by Crippen LogP contribution is 2.34. The van der Waals surface area contributed by atoms with Gasteiger partial charge in [-0.05, 0) is 55.7 Å². The maximum atomic E-state index is 13.0. The zero-order valence-electron chi connectivity index (χ0n) is 19.5. The monoisotopic (exact) mass is 457 g/mol. The predicted molar refractivity (Wildman–Crippen MR) is 134 cm³/mol. The number of hydrogen-bond acceptors (Lipinski definition) is 4. The summed E-state index contributed by atoms with van der Waals surface area (Å²) in [5.74, 6) is -0.0690. The van der Waals surface area contributed by atoms with Gasteiger partial charge in [0.25, 0.3) is 11.8 Å². The van der Waals surface area contributed by atoms with Crippen molar-refractivity contribution >= 4 is 17.5 Å². The Labute approximate surface area is 200 Å². The predicted octanol–water partition coefficient (Wildman–Crippen LogP) is 4.65. The molecule has 1 heterocycles. The Morgan fingerprint density at radius 2 is 1.71 bits per heavy atom. The molecule has 1 atom stereocenters. The average Bonchev–Trinajstić information content (AvgIpc) is 3.14. The Kier molecular flexibility index (Phi) is 7.94. The summed E-state index contributed by atoms with van der Waals surface area (Å²) in [6.45, 7) is 4.45. The fourth-order valence-electron chi connectivity index (χ4n) is 4.18. The standard InChI is InChI=1S/C28H31N3O3/c1-2-34-20-8-19-31-26(24-11-6-7-12-25(24)28(31)33)30-23-15-13-22(14-16-23)27(32)29-18-17-21-9-4-3-5-10-21/h3-7,9-16,26,30H,2,8,17-20H2,1H3,(H,29,32). The molecule has 0 aromatic heterocycles. The van der Waals surface area contributed by atoms with Gasteiger partial charge >= 0.3 is 0 Å². The lowest BCUT2D eigenvalue weighted by molar-refractivity contribution is 0.0708. The number of carbonyl (C=O) groups excluding carboxylic acids is 2. The second-order valence-corrected chi connectivity index (χ2v) is 8.25. The van der Waals surface area contributed by atoms with Crippen molar-refractivity contribution in [1.29, 1.82) is 0 Å². The fraction of sp³-hybridized carbons (Fsp3) is 0.286. The van der Waals surface area contributed by atoms with Crippen LogP contribution in [0.5, 0.6) is 0 Å². The molecule has 2 N–H and O–H groups in total. The summed E-state index contributed by atoms with van der Waals surface area (Å²) in [5, 5.41) is 6.46. The van der Waals surface area contributed by atoms with E-state index >= 15 is 0 Å². The van der Waals surface area contributed by atoms with Crippen molar-refractivity contribution in [3.05, 3.63) is 101 Å². The van der Waals surface area contributed by atoms with Crippen molar-refractivity contribution in [1.82, 2.24) is 10.2 Å². The highest BCUT2D eigenvalue weighted by Gasteiger charge is 2.36. The molecule has 0 fully saturated rings. The van der Waals surface area contributed by atoms with E-state index in [1.165, 1.54) is 5.56 Å². The van der Waals surface area contributed by atoms with E-state index in [9.17, 15) is 9.59 Å². The minimum atomic E-state index is -0.254. The first-order valence-corrected chi connectivity index (χ1v) is 11.8. The molecular formula is C28H31N3O3. The first-order valence-electron chi connectivity index (χ1n) is 11.8. The van der Waals surface area contributed by atoms with Gasteiger partial charge < -0.3 is 20.3 Å². The molecule has 1 aliphatic rings. The molecule has 6 nitrogen and oxygen atoms in total. The normalized spacial score (nSPS) is 14.7. The third-order valence-corrected chi connectivity index (χ3v) is 5.94. The summed E-state index contributed by atoms with van der Waals surface area (Å²) in [5.41, 5.74) is 4.34. The number of nitrogens with one attached hydrogen (secondary N) is 2. The van der Waals surface area contributed by atoms with Crippen LogP contribution in [0.15, 0.2) is 78.9 Å². The first kappa shape index (κ1) is 23.5. The highest BCUT2D eigenvalue weighted by molar-refractivity contribution is 5.99. The molecule has 6 heteroatoms. The molecule has 0 saturated heterocycles. The van der Waals surface area contributed by atoms with Crippen LogP contribution in [0.1, 0.15) is 51.4 Å². The lowest BCUT2D eigenvalue weighted by atomic mass is 10.1. The SMILES string of the molecule is CCOCCCN1C(=O)c2ccccc2C1Nc1ccc(C(=O)NCCc2ccccc2)cc1. The van der Waals surface area contributed by atoms with Gasteiger partial charge in [0.15, 0.2) is 0 Å². The number of amides is 2. The van der Waals surface area contributed by atoms with Gasteiger partial charge in [-0.3, -0.25) is 9.59 Å². The van der Waals surface area contributed by atoms with Crippen LogP contribution in [0.3, 0.4) is 0 Å². The number of ether oxygens (including phenoxy) is 1. The minimum Gasteiger partial charge on any atom is -0.382 e. The molecule has 3 aromatic rings. The molecule has 0 aliphatic carbocycles. The van der Waals surface area contributed by atoms with Crippen LogP contribution in [0.25, 0.3) is 0 Å². The molecule has 0 saturated carbocycles. The summed E-state index contributed by atoms with van der Waals surface area (Å²) in [6, 6.07) is 25.2. The van der Waals surface area contributed by atoms with E-state index in [1.54, 1.807) is 0 Å². The average molecular weight is 458 g/mol. The molecule has 3 aromatic carbocycles. The summed E-state index contributed by atoms with van der Waals surface area (Å²) >= 11 is 0. The summed E-state index contributed by atoms with van der Waals surface area (Å²) < 4.78 is 5.45. The quantitative estimate of drug-likeness (QED) is 0.411. The molecule has 1 unspecified atom stereocenters. The number of fused-ring (bicyclic) bond motifs is 1. The van der Waals surface area contributed by atoms with Gasteiger partial charge in [0.05, 0.1) is 0 Å². The van der Waals surface area contributed by atoms with Gasteiger partial charge in [0, 0.05) is 48.7 Å². The summed E-state index contributed by atoms with van der Waals surface area (Å²) in [6.07, 6.45) is 1.31. The maximum Gasteiger partial charge on any atom is 0.256 e. The number of hydrogen-bond donors (Lipinski definition) is 2. The van der Waals surface area contributed by atoms with Crippen molar-refractivity contribution in [2.24, 2.45) is 0 Å². The Balaban J connectivity index is 1.38. The van der Waals surface area contributed by atoms with E-state index in [1.807, 2.05) is 78.6 Å². The Morgan fingerprint density at radius 1 is 0.971 bits per heavy atom. The first-order chi connectivity index (χ1) is 16.7. The van der Waals surface area contributed by atoms with Crippen molar-refractivity contribution in [2.45, 2.75) is 25.9 Å². The van der Waals surface area contributed by atoms with Crippen molar-refractivity contribution in [3.63, 3.8) is 0 Å². The third kappa shape index (κ3) is 5.64. The van der Waals surface area contributed by atoms with Gasteiger partial charge in [-0.25, -0.2) is 0 Å². The maximum absolute atomic E-state index is 13.0. The van der Waals surface area contributed by atoms with Crippen molar-refractivity contribution in [2.75, 3.05) is 31.6 Å². The minimum absolute atomic E-state index is 0.0269. The Bertz CT molecular complexity index is 1100. The van der Waals surface area contributed by atoms with Crippen LogP contribution in [-0.4, -0.2) is 43.0 Å². The number of rotatable bonds is 11. The highest BCUT2D eigenvalue weighted by atomic mass is 16.5. The molecular weight excluding hydrogens is 426 g/mol. The van der Waals surface area contributed by atoms with Crippen LogP contribution in [0.2, 0.25) is 0 Å². The van der Waals surface area contributed by atoms with Crippen LogP contribution in [0.4, 0.5) is 5.69 Å². The van der Waals surface area contributed by atoms with Crippen LogP contribution in [0, 0.1) is 0 Å². The van der Waals surface area contributed by atoms with Gasteiger partial charge in [-0.2, -0.15) is 0 Å². The van der Waals surface area contributed by atoms with Gasteiger partial charge in [0.1, 0.15) is 6.17 Å². The van der Waals surface area contributed by atoms with Crippen molar-refractivity contribution < 1.29 is 14.3 Å². The van der Waals surface area contributed by atoms with E-state index in [4.69, 9.17) is 4.74 Å². The molecule has 4 rings (SSSR count). The lowest BCUT2D eigenvalue weighted by Crippen LogP contribution is -2.33. The summed E-state index contributed by atoms with van der Waals surface area (Å²) in [7, 11) is 0. The number of anilines is 1. The van der Waals surface area contributed by atoms with Gasteiger partial charge in [0.2, 0.25) is 0 Å². The van der Waals surface area contributed by atoms with Gasteiger partial charge in [-0.1, -0.05) is 48.5 Å². The Morgan fingerprint density at radius 3 is 2.47 bits per heavy atom. The van der Waals surface area contributed by atoms with Crippen LogP contribution >= 0.6 is 0 Å². The fourth-order valence-corrected chi connectivity index (χ4v) is 4.18. The third-order valence-electron chi connectivity index (χ3n) is 5.94. The molecule has 2 amide bonds. The molecule has 1 aliphatic heterocycles. The second-order valence-electron chi connectivity index (χ2n) is 8.25. The van der Waals surface area contributed by atoms with Gasteiger partial charge in [-0.15, -0.1) is 0 Å². The largest absolute Gasteiger partial charge is 0.382 e. The Hall–Kier alpha value is -3.64. The molecule has 0 radical (unpaired) electrons. The molecule has 0 spiro atoms. The molecule has 34 heavy (non-hydrogen) atoms. The smallest absolute Gasteiger partial charge is 0.256 e. The molecule has 0 bridgehead atoms. The number of nitrogens with zero attached hydrogens (tertiary/aromatic N) is 1. The van der Waals surface area contributed by atoms with Crippen molar-refractivity contribution in [3.8, 4) is 0 Å². The second kappa shape index (κ2) is 11.5. The molecule has 176 valence electrons. The van der Waals surface area contributed by atoms with Crippen LogP contribution in [-0.2, 0) is 11.2 Å². The lowest BCUT2D eigenvalue weighted by Gasteiger charge is -2.27. The van der Waals surface area contributed by atoms with E-state index in [0.29, 0.717) is 31.9 Å². The number of carbonyl (C=O) groups is 2. The van der Waals surface area contributed by atoms with Crippen LogP contribution < -0.4 is 10.6 Å². The zero-order chi connectivity index (χ0) is 23.8. The summed E-state index contributed by atoms with van der Waals surface area (Å²) in [4.78, 5) is 27.4. The number of benzene rings is 3.